The number of aromatic nitrogens is 3. The third kappa shape index (κ3) is 2.92. The van der Waals surface area contributed by atoms with Crippen molar-refractivity contribution in [2.45, 2.75) is 45.1 Å². The van der Waals surface area contributed by atoms with E-state index in [0.29, 0.717) is 0 Å². The number of hydrogen-bond acceptors (Lipinski definition) is 5. The van der Waals surface area contributed by atoms with E-state index in [1.165, 1.54) is 25.7 Å². The van der Waals surface area contributed by atoms with Gasteiger partial charge in [-0.1, -0.05) is 31.1 Å². The number of nitrogens with one attached hydrogen (secondary N) is 1. The summed E-state index contributed by atoms with van der Waals surface area (Å²) >= 11 is 1.63. The fourth-order valence-electron chi connectivity index (χ4n) is 3.48. The van der Waals surface area contributed by atoms with Gasteiger partial charge in [0.05, 0.1) is 11.9 Å². The van der Waals surface area contributed by atoms with Crippen LogP contribution in [0.25, 0.3) is 4.96 Å². The molecule has 1 aliphatic carbocycles. The molecule has 2 unspecified atom stereocenters. The van der Waals surface area contributed by atoms with Crippen LogP contribution in [0.3, 0.4) is 0 Å². The molecule has 1 aliphatic rings. The van der Waals surface area contributed by atoms with E-state index in [1.54, 1.807) is 11.3 Å². The SMILES string of the molecule is Cc1cn2nc(NCC3(N(C)C)CCCC(C)C3)sc2n1. The molecule has 1 fully saturated rings. The molecule has 1 N–H and O–H groups in total. The zero-order valence-electron chi connectivity index (χ0n) is 13.4. The second-order valence-corrected chi connectivity index (χ2v) is 7.65. The van der Waals surface area contributed by atoms with E-state index in [9.17, 15) is 0 Å². The van der Waals surface area contributed by atoms with Crippen molar-refractivity contribution in [3.05, 3.63) is 11.9 Å². The van der Waals surface area contributed by atoms with E-state index in [0.717, 1.165) is 28.2 Å². The average Bonchev–Trinajstić information content (AvgIpc) is 2.93. The molecule has 116 valence electrons. The lowest BCUT2D eigenvalue weighted by Gasteiger charge is -2.45. The number of likely N-dealkylation sites (N-methyl/N-ethyl adjacent to an activating group) is 1. The van der Waals surface area contributed by atoms with Gasteiger partial charge in [0, 0.05) is 12.1 Å². The molecule has 5 nitrogen and oxygen atoms in total. The Morgan fingerprint density at radius 2 is 2.33 bits per heavy atom. The van der Waals surface area contributed by atoms with Crippen LogP contribution in [0.4, 0.5) is 5.13 Å². The van der Waals surface area contributed by atoms with Gasteiger partial charge >= 0.3 is 0 Å². The Morgan fingerprint density at radius 3 is 3.00 bits per heavy atom. The molecule has 0 bridgehead atoms. The normalized spacial score (nSPS) is 26.6. The van der Waals surface area contributed by atoms with Crippen LogP contribution in [0.2, 0.25) is 0 Å². The Bertz CT molecular complexity index is 585. The maximum atomic E-state index is 4.57. The lowest BCUT2D eigenvalue weighted by atomic mass is 9.75. The average molecular weight is 307 g/mol. The second kappa shape index (κ2) is 5.57. The van der Waals surface area contributed by atoms with E-state index in [-0.39, 0.29) is 5.54 Å². The van der Waals surface area contributed by atoms with Crippen LogP contribution in [0, 0.1) is 12.8 Å². The molecule has 3 rings (SSSR count). The molecule has 0 amide bonds. The van der Waals surface area contributed by atoms with Gasteiger partial charge in [0.25, 0.3) is 0 Å². The van der Waals surface area contributed by atoms with Crippen molar-refractivity contribution in [3.8, 4) is 0 Å². The quantitative estimate of drug-likeness (QED) is 0.943. The summed E-state index contributed by atoms with van der Waals surface area (Å²) in [5.41, 5.74) is 1.27. The van der Waals surface area contributed by atoms with Crippen LogP contribution in [0.15, 0.2) is 6.20 Å². The fourth-order valence-corrected chi connectivity index (χ4v) is 4.30. The van der Waals surface area contributed by atoms with Crippen LogP contribution in [0.5, 0.6) is 0 Å². The monoisotopic (exact) mass is 307 g/mol. The number of imidazole rings is 1. The summed E-state index contributed by atoms with van der Waals surface area (Å²) in [5.74, 6) is 0.805. The summed E-state index contributed by atoms with van der Waals surface area (Å²) < 4.78 is 1.87. The second-order valence-electron chi connectivity index (χ2n) is 6.69. The predicted octanol–water partition coefficient (Wildman–Crippen LogP) is 3.02. The molecule has 21 heavy (non-hydrogen) atoms. The maximum Gasteiger partial charge on any atom is 0.214 e. The highest BCUT2D eigenvalue weighted by Crippen LogP contribution is 2.36. The van der Waals surface area contributed by atoms with Gasteiger partial charge in [-0.05, 0) is 39.8 Å². The number of nitrogens with zero attached hydrogens (tertiary/aromatic N) is 4. The zero-order chi connectivity index (χ0) is 15.0. The molecule has 0 saturated heterocycles. The minimum absolute atomic E-state index is 0.251. The number of anilines is 1. The van der Waals surface area contributed by atoms with Crippen LogP contribution in [0.1, 0.15) is 38.3 Å². The minimum Gasteiger partial charge on any atom is -0.358 e. The van der Waals surface area contributed by atoms with E-state index in [1.807, 2.05) is 17.6 Å². The molecule has 0 spiro atoms. The highest BCUT2D eigenvalue weighted by atomic mass is 32.1. The highest BCUT2D eigenvalue weighted by molar-refractivity contribution is 7.20. The predicted molar refractivity (Wildman–Crippen MR) is 88.1 cm³/mol. The smallest absolute Gasteiger partial charge is 0.214 e. The number of fused-ring (bicyclic) bond motifs is 1. The molecule has 2 aromatic rings. The largest absolute Gasteiger partial charge is 0.358 e. The Balaban J connectivity index is 1.72. The van der Waals surface area contributed by atoms with Crippen LogP contribution in [-0.2, 0) is 0 Å². The van der Waals surface area contributed by atoms with Gasteiger partial charge in [0.1, 0.15) is 0 Å². The Hall–Kier alpha value is -1.14. The topological polar surface area (TPSA) is 45.5 Å². The molecular formula is C15H25N5S. The van der Waals surface area contributed by atoms with Gasteiger partial charge in [-0.3, -0.25) is 0 Å². The van der Waals surface area contributed by atoms with E-state index < -0.39 is 0 Å². The Morgan fingerprint density at radius 1 is 1.52 bits per heavy atom. The van der Waals surface area contributed by atoms with Gasteiger partial charge in [0.2, 0.25) is 10.1 Å². The third-order valence-corrected chi connectivity index (χ3v) is 5.63. The number of aryl methyl sites for hydroxylation is 1. The summed E-state index contributed by atoms with van der Waals surface area (Å²) in [6.07, 6.45) is 7.18. The molecular weight excluding hydrogens is 282 g/mol. The summed E-state index contributed by atoms with van der Waals surface area (Å²) in [7, 11) is 4.41. The van der Waals surface area contributed by atoms with Crippen LogP contribution < -0.4 is 5.32 Å². The first-order valence-corrected chi connectivity index (χ1v) is 8.54. The van der Waals surface area contributed by atoms with Gasteiger partial charge in [-0.25, -0.2) is 9.50 Å². The first-order chi connectivity index (χ1) is 9.98. The van der Waals surface area contributed by atoms with Crippen molar-refractivity contribution >= 4 is 21.4 Å². The standard InChI is InChI=1S/C15H25N5S/c1-11-6-5-7-15(8-11,19(3)4)10-16-13-18-20-9-12(2)17-14(20)21-13/h9,11H,5-8,10H2,1-4H3,(H,16,18). The van der Waals surface area contributed by atoms with Crippen LogP contribution in [-0.4, -0.2) is 45.7 Å². The summed E-state index contributed by atoms with van der Waals surface area (Å²) in [6, 6.07) is 0. The van der Waals surface area contributed by atoms with E-state index >= 15 is 0 Å². The van der Waals surface area contributed by atoms with Crippen molar-refractivity contribution in [3.63, 3.8) is 0 Å². The molecule has 1 saturated carbocycles. The van der Waals surface area contributed by atoms with Crippen molar-refractivity contribution in [1.82, 2.24) is 19.5 Å². The molecule has 6 heteroatoms. The molecule has 0 aromatic carbocycles. The molecule has 0 radical (unpaired) electrons. The van der Waals surface area contributed by atoms with E-state index in [4.69, 9.17) is 0 Å². The van der Waals surface area contributed by atoms with Crippen molar-refractivity contribution in [1.29, 1.82) is 0 Å². The minimum atomic E-state index is 0.251. The van der Waals surface area contributed by atoms with Crippen molar-refractivity contribution in [2.75, 3.05) is 26.0 Å². The summed E-state index contributed by atoms with van der Waals surface area (Å²) in [6.45, 7) is 5.33. The lowest BCUT2D eigenvalue weighted by molar-refractivity contribution is 0.0882. The first kappa shape index (κ1) is 14.8. The van der Waals surface area contributed by atoms with Crippen LogP contribution >= 0.6 is 11.3 Å². The fraction of sp³-hybridized carbons (Fsp3) is 0.733. The van der Waals surface area contributed by atoms with Crippen molar-refractivity contribution < 1.29 is 0 Å². The first-order valence-electron chi connectivity index (χ1n) is 7.73. The van der Waals surface area contributed by atoms with Crippen molar-refractivity contribution in [2.24, 2.45) is 5.92 Å². The number of hydrogen-bond donors (Lipinski definition) is 1. The van der Waals surface area contributed by atoms with E-state index in [2.05, 4.69) is 41.3 Å². The zero-order valence-corrected chi connectivity index (χ0v) is 14.2. The third-order valence-electron chi connectivity index (χ3n) is 4.75. The van der Waals surface area contributed by atoms with Gasteiger partial charge in [0.15, 0.2) is 0 Å². The summed E-state index contributed by atoms with van der Waals surface area (Å²) in [5, 5.41) is 9.10. The Labute approximate surface area is 130 Å². The molecule has 2 aromatic heterocycles. The Kier molecular flexibility index (Phi) is 3.92. The molecule has 2 heterocycles. The van der Waals surface area contributed by atoms with Gasteiger partial charge in [-0.15, -0.1) is 5.10 Å². The van der Waals surface area contributed by atoms with Gasteiger partial charge in [-0.2, -0.15) is 0 Å². The summed E-state index contributed by atoms with van der Waals surface area (Å²) in [4.78, 5) is 7.83. The number of rotatable bonds is 4. The lowest BCUT2D eigenvalue weighted by Crippen LogP contribution is -2.52. The maximum absolute atomic E-state index is 4.57. The molecule has 0 aliphatic heterocycles. The molecule has 2 atom stereocenters. The highest BCUT2D eigenvalue weighted by Gasteiger charge is 2.36. The van der Waals surface area contributed by atoms with Gasteiger partial charge < -0.3 is 10.2 Å².